The van der Waals surface area contributed by atoms with Crippen LogP contribution in [0.25, 0.3) is 10.9 Å². The molecule has 0 atom stereocenters. The van der Waals surface area contributed by atoms with Gasteiger partial charge in [-0.3, -0.25) is 9.78 Å². The summed E-state index contributed by atoms with van der Waals surface area (Å²) in [7, 11) is 1.56. The van der Waals surface area contributed by atoms with Crippen LogP contribution in [0.1, 0.15) is 11.4 Å². The first-order valence-corrected chi connectivity index (χ1v) is 8.71. The Morgan fingerprint density at radius 3 is 2.59 bits per heavy atom. The number of carbonyl (C=O) groups excluding carboxylic acids is 1. The summed E-state index contributed by atoms with van der Waals surface area (Å²) in [6.07, 6.45) is -3.32. The first kappa shape index (κ1) is 20.5. The summed E-state index contributed by atoms with van der Waals surface area (Å²) in [5.41, 5.74) is 0.310. The lowest BCUT2D eigenvalue weighted by Crippen LogP contribution is -2.28. The Kier molecular flexibility index (Phi) is 6.28. The summed E-state index contributed by atoms with van der Waals surface area (Å²) >= 11 is 0. The zero-order chi connectivity index (χ0) is 20.9. The molecule has 0 aliphatic carbocycles. The number of methoxy groups -OCH3 is 1. The highest BCUT2D eigenvalue weighted by Crippen LogP contribution is 2.30. The minimum absolute atomic E-state index is 0.148. The van der Waals surface area contributed by atoms with E-state index in [9.17, 15) is 18.0 Å². The number of nitrogens with zero attached hydrogens (tertiary/aromatic N) is 2. The van der Waals surface area contributed by atoms with Crippen LogP contribution in [0.2, 0.25) is 0 Å². The summed E-state index contributed by atoms with van der Waals surface area (Å²) in [6, 6.07) is 10.7. The number of hydrogen-bond acceptors (Lipinski definition) is 5. The fourth-order valence-electron chi connectivity index (χ4n) is 2.57. The number of aromatic nitrogens is 2. The number of halogens is 3. The molecule has 0 saturated carbocycles. The van der Waals surface area contributed by atoms with Crippen molar-refractivity contribution in [2.75, 3.05) is 20.3 Å². The van der Waals surface area contributed by atoms with Crippen LogP contribution in [0.4, 0.5) is 13.2 Å². The predicted molar refractivity (Wildman–Crippen MR) is 99.6 cm³/mol. The first-order chi connectivity index (χ1) is 13.8. The number of pyridine rings is 2. The molecule has 0 spiro atoms. The predicted octanol–water partition coefficient (Wildman–Crippen LogP) is 3.75. The van der Waals surface area contributed by atoms with Crippen molar-refractivity contribution < 1.29 is 27.4 Å². The molecular formula is C20H18F3N3O3. The average Bonchev–Trinajstić information content (AvgIpc) is 2.68. The summed E-state index contributed by atoms with van der Waals surface area (Å²) in [4.78, 5) is 19.7. The second-order valence-corrected chi connectivity index (χ2v) is 6.16. The normalized spacial score (nSPS) is 11.4. The lowest BCUT2D eigenvalue weighted by atomic mass is 10.1. The molecule has 3 aromatic rings. The van der Waals surface area contributed by atoms with Gasteiger partial charge in [-0.1, -0.05) is 6.07 Å². The third kappa shape index (κ3) is 5.64. The molecular weight excluding hydrogens is 387 g/mol. The quantitative estimate of drug-likeness (QED) is 0.606. The van der Waals surface area contributed by atoms with Crippen molar-refractivity contribution in [2.45, 2.75) is 12.6 Å². The van der Waals surface area contributed by atoms with Gasteiger partial charge in [0, 0.05) is 19.0 Å². The van der Waals surface area contributed by atoms with Crippen molar-refractivity contribution in [3.8, 4) is 11.5 Å². The molecule has 6 nitrogen and oxygen atoms in total. The van der Waals surface area contributed by atoms with Crippen LogP contribution in [0.3, 0.4) is 0 Å². The van der Waals surface area contributed by atoms with Crippen molar-refractivity contribution in [1.82, 2.24) is 15.3 Å². The van der Waals surface area contributed by atoms with Crippen LogP contribution >= 0.6 is 0 Å². The fourth-order valence-corrected chi connectivity index (χ4v) is 2.57. The molecule has 2 heterocycles. The second-order valence-electron chi connectivity index (χ2n) is 6.16. The molecule has 1 N–H and O–H groups in total. The lowest BCUT2D eigenvalue weighted by molar-refractivity contribution is -0.141. The van der Waals surface area contributed by atoms with E-state index in [4.69, 9.17) is 9.47 Å². The van der Waals surface area contributed by atoms with Gasteiger partial charge in [-0.2, -0.15) is 13.2 Å². The van der Waals surface area contributed by atoms with Gasteiger partial charge in [0.05, 0.1) is 30.4 Å². The summed E-state index contributed by atoms with van der Waals surface area (Å²) < 4.78 is 48.2. The maximum atomic E-state index is 12.6. The highest BCUT2D eigenvalue weighted by molar-refractivity contribution is 5.82. The van der Waals surface area contributed by atoms with Gasteiger partial charge in [0.2, 0.25) is 5.91 Å². The number of fused-ring (bicyclic) bond motifs is 1. The summed E-state index contributed by atoms with van der Waals surface area (Å²) in [5, 5.41) is 3.50. The molecule has 152 valence electrons. The van der Waals surface area contributed by atoms with E-state index < -0.39 is 11.9 Å². The average molecular weight is 405 g/mol. The molecule has 3 rings (SSSR count). The maximum Gasteiger partial charge on any atom is 0.433 e. The van der Waals surface area contributed by atoms with E-state index in [-0.39, 0.29) is 18.1 Å². The first-order valence-electron chi connectivity index (χ1n) is 8.71. The largest absolute Gasteiger partial charge is 0.456 e. The van der Waals surface area contributed by atoms with Crippen molar-refractivity contribution in [1.29, 1.82) is 0 Å². The number of benzene rings is 1. The molecule has 0 fully saturated rings. The smallest absolute Gasteiger partial charge is 0.433 e. The Morgan fingerprint density at radius 2 is 1.90 bits per heavy atom. The Balaban J connectivity index is 1.68. The summed E-state index contributed by atoms with van der Waals surface area (Å²) in [6.45, 7) is 0.872. The molecule has 0 aliphatic rings. The lowest BCUT2D eigenvalue weighted by Gasteiger charge is -2.09. The third-order valence-corrected chi connectivity index (χ3v) is 3.95. The van der Waals surface area contributed by atoms with E-state index in [1.807, 2.05) is 0 Å². The molecule has 1 amide bonds. The molecule has 0 aliphatic heterocycles. The number of amides is 1. The number of nitrogens with one attached hydrogen (secondary N) is 1. The minimum Gasteiger partial charge on any atom is -0.456 e. The zero-order valence-electron chi connectivity index (χ0n) is 15.5. The fraction of sp³-hybridized carbons (Fsp3) is 0.250. The van der Waals surface area contributed by atoms with Gasteiger partial charge in [-0.25, -0.2) is 4.98 Å². The van der Waals surface area contributed by atoms with Crippen molar-refractivity contribution in [2.24, 2.45) is 0 Å². The van der Waals surface area contributed by atoms with Crippen LogP contribution in [0, 0.1) is 0 Å². The molecule has 9 heteroatoms. The van der Waals surface area contributed by atoms with E-state index in [1.54, 1.807) is 37.4 Å². The minimum atomic E-state index is -4.49. The van der Waals surface area contributed by atoms with Gasteiger partial charge in [0.15, 0.2) is 0 Å². The molecule has 2 aromatic heterocycles. The molecule has 0 bridgehead atoms. The summed E-state index contributed by atoms with van der Waals surface area (Å²) in [5.74, 6) is 0.476. The van der Waals surface area contributed by atoms with Gasteiger partial charge in [0.25, 0.3) is 0 Å². The highest BCUT2D eigenvalue weighted by atomic mass is 19.4. The SMILES string of the molecule is COCCNC(=O)Cc1ccc2cc(Oc3ccc(C(F)(F)F)nc3)ccc2n1. The number of hydrogen-bond donors (Lipinski definition) is 1. The van der Waals surface area contributed by atoms with Crippen LogP contribution in [-0.2, 0) is 22.1 Å². The number of rotatable bonds is 7. The molecule has 1 aromatic carbocycles. The monoisotopic (exact) mass is 405 g/mol. The van der Waals surface area contributed by atoms with Crippen LogP contribution in [0.5, 0.6) is 11.5 Å². The maximum absolute atomic E-state index is 12.6. The van der Waals surface area contributed by atoms with Gasteiger partial charge in [0.1, 0.15) is 17.2 Å². The van der Waals surface area contributed by atoms with Gasteiger partial charge < -0.3 is 14.8 Å². The standard InChI is InChI=1S/C20H18F3N3O3/c1-28-9-8-24-19(27)11-14-3-2-13-10-15(4-6-17(13)26-14)29-16-5-7-18(25-12-16)20(21,22)23/h2-7,10,12H,8-9,11H2,1H3,(H,24,27). The Labute approximate surface area is 164 Å². The van der Waals surface area contributed by atoms with Gasteiger partial charge in [-0.05, 0) is 36.4 Å². The van der Waals surface area contributed by atoms with E-state index in [2.05, 4.69) is 15.3 Å². The second kappa shape index (κ2) is 8.87. The van der Waals surface area contributed by atoms with E-state index >= 15 is 0 Å². The van der Waals surface area contributed by atoms with Crippen LogP contribution < -0.4 is 10.1 Å². The zero-order valence-corrected chi connectivity index (χ0v) is 15.5. The molecule has 29 heavy (non-hydrogen) atoms. The van der Waals surface area contributed by atoms with Crippen molar-refractivity contribution in [3.05, 3.63) is 60.0 Å². The van der Waals surface area contributed by atoms with E-state index in [0.29, 0.717) is 30.1 Å². The van der Waals surface area contributed by atoms with E-state index in [0.717, 1.165) is 17.6 Å². The van der Waals surface area contributed by atoms with Gasteiger partial charge in [-0.15, -0.1) is 0 Å². The Bertz CT molecular complexity index is 992. The topological polar surface area (TPSA) is 73.3 Å². The van der Waals surface area contributed by atoms with Crippen LogP contribution in [0.15, 0.2) is 48.7 Å². The number of ether oxygens (including phenoxy) is 2. The van der Waals surface area contributed by atoms with E-state index in [1.165, 1.54) is 6.07 Å². The molecule has 0 saturated heterocycles. The van der Waals surface area contributed by atoms with Crippen LogP contribution in [-0.4, -0.2) is 36.1 Å². The van der Waals surface area contributed by atoms with Crippen molar-refractivity contribution >= 4 is 16.8 Å². The number of alkyl halides is 3. The third-order valence-electron chi connectivity index (χ3n) is 3.95. The Morgan fingerprint density at radius 1 is 1.10 bits per heavy atom. The molecule has 0 unspecified atom stereocenters. The molecule has 0 radical (unpaired) electrons. The van der Waals surface area contributed by atoms with Crippen molar-refractivity contribution in [3.63, 3.8) is 0 Å². The highest BCUT2D eigenvalue weighted by Gasteiger charge is 2.32. The Hall–Kier alpha value is -3.20. The van der Waals surface area contributed by atoms with Gasteiger partial charge >= 0.3 is 6.18 Å². The number of carbonyl (C=O) groups is 1.